The minimum absolute atomic E-state index is 0.0291. The molecule has 2 aliphatic rings. The Kier molecular flexibility index (Phi) is 4.65. The van der Waals surface area contributed by atoms with Gasteiger partial charge in [0, 0.05) is 40.8 Å². The van der Waals surface area contributed by atoms with Crippen molar-refractivity contribution in [2.24, 2.45) is 16.7 Å². The molecule has 2 bridgehead atoms. The largest absolute Gasteiger partial charge is 0.507 e. The number of aromatic nitrogens is 5. The Morgan fingerprint density at radius 3 is 2.66 bits per heavy atom. The van der Waals surface area contributed by atoms with Crippen molar-refractivity contribution in [1.82, 2.24) is 24.7 Å². The standard InChI is InChI=1S/C24H25F2N5O/c1-14(17-9-23(2)12-24(3,21(17)26)10-20(23)25)22-28-11-18(29-30-22)16-5-4-15(8-19(16)32)31-7-6-27-13-31/h4-8,11,13,17,20-21,32H,1,9-10,12H2,2-3H3/t17-,20-,21-,23+,24+/m0/s1. The molecule has 0 aliphatic heterocycles. The number of allylic oxidation sites excluding steroid dienone is 1. The van der Waals surface area contributed by atoms with Crippen molar-refractivity contribution in [3.8, 4) is 22.7 Å². The number of phenols is 1. The smallest absolute Gasteiger partial charge is 0.177 e. The van der Waals surface area contributed by atoms with E-state index in [2.05, 4.69) is 26.7 Å². The highest BCUT2D eigenvalue weighted by Gasteiger charge is 2.61. The summed E-state index contributed by atoms with van der Waals surface area (Å²) in [4.78, 5) is 8.35. The Labute approximate surface area is 185 Å². The van der Waals surface area contributed by atoms with E-state index in [1.165, 1.54) is 6.20 Å². The molecule has 8 heteroatoms. The van der Waals surface area contributed by atoms with E-state index < -0.39 is 29.1 Å². The van der Waals surface area contributed by atoms with E-state index in [1.807, 2.05) is 19.9 Å². The van der Waals surface area contributed by atoms with Crippen LogP contribution in [0.5, 0.6) is 5.75 Å². The molecular weight excluding hydrogens is 412 g/mol. The van der Waals surface area contributed by atoms with Gasteiger partial charge in [-0.3, -0.25) is 0 Å². The average Bonchev–Trinajstić information content (AvgIpc) is 3.37. The van der Waals surface area contributed by atoms with Crippen molar-refractivity contribution in [3.63, 3.8) is 0 Å². The zero-order valence-electron chi connectivity index (χ0n) is 18.0. The molecule has 1 aromatic carbocycles. The number of rotatable bonds is 4. The van der Waals surface area contributed by atoms with Crippen molar-refractivity contribution in [2.45, 2.75) is 45.5 Å². The Morgan fingerprint density at radius 2 is 2.00 bits per heavy atom. The summed E-state index contributed by atoms with van der Waals surface area (Å²) >= 11 is 0. The summed E-state index contributed by atoms with van der Waals surface area (Å²) < 4.78 is 31.8. The third-order valence-corrected chi connectivity index (χ3v) is 7.27. The number of nitrogens with zero attached hydrogens (tertiary/aromatic N) is 5. The average molecular weight is 437 g/mol. The molecule has 5 atom stereocenters. The number of benzene rings is 1. The number of halogens is 2. The number of alkyl halides is 2. The summed E-state index contributed by atoms with van der Waals surface area (Å²) in [6.45, 7) is 7.78. The highest BCUT2D eigenvalue weighted by molar-refractivity contribution is 5.68. The van der Waals surface area contributed by atoms with Gasteiger partial charge in [0.2, 0.25) is 0 Å². The van der Waals surface area contributed by atoms with Gasteiger partial charge < -0.3 is 9.67 Å². The van der Waals surface area contributed by atoms with E-state index >= 15 is 4.39 Å². The van der Waals surface area contributed by atoms with E-state index in [0.717, 1.165) is 5.69 Å². The molecule has 2 fully saturated rings. The van der Waals surface area contributed by atoms with Gasteiger partial charge in [0.1, 0.15) is 23.8 Å². The minimum atomic E-state index is -1.20. The third kappa shape index (κ3) is 3.20. The second-order valence-corrected chi connectivity index (χ2v) is 9.73. The molecule has 0 radical (unpaired) electrons. The van der Waals surface area contributed by atoms with Crippen LogP contribution in [-0.2, 0) is 0 Å². The van der Waals surface area contributed by atoms with Crippen LogP contribution in [0, 0.1) is 16.7 Å². The number of fused-ring (bicyclic) bond motifs is 2. The van der Waals surface area contributed by atoms with Gasteiger partial charge in [0.25, 0.3) is 0 Å². The molecule has 32 heavy (non-hydrogen) atoms. The first-order chi connectivity index (χ1) is 15.2. The zero-order valence-corrected chi connectivity index (χ0v) is 18.0. The maximum Gasteiger partial charge on any atom is 0.177 e. The van der Waals surface area contributed by atoms with E-state index in [4.69, 9.17) is 0 Å². The maximum absolute atomic E-state index is 15.4. The Balaban J connectivity index is 1.39. The topological polar surface area (TPSA) is 76.7 Å². The summed E-state index contributed by atoms with van der Waals surface area (Å²) in [6, 6.07) is 5.15. The molecule has 0 amide bonds. The van der Waals surface area contributed by atoms with Crippen LogP contribution >= 0.6 is 0 Å². The van der Waals surface area contributed by atoms with Crippen molar-refractivity contribution in [3.05, 3.63) is 55.5 Å². The zero-order chi connectivity index (χ0) is 22.7. The number of aromatic hydroxyl groups is 1. The lowest BCUT2D eigenvalue weighted by Crippen LogP contribution is -2.41. The molecule has 2 heterocycles. The first-order valence-electron chi connectivity index (χ1n) is 10.7. The van der Waals surface area contributed by atoms with E-state index in [-0.39, 0.29) is 18.0 Å². The van der Waals surface area contributed by atoms with Crippen LogP contribution in [0.2, 0.25) is 0 Å². The predicted molar refractivity (Wildman–Crippen MR) is 116 cm³/mol. The lowest BCUT2D eigenvalue weighted by Gasteiger charge is -2.43. The first kappa shape index (κ1) is 20.7. The summed E-state index contributed by atoms with van der Waals surface area (Å²) in [5.74, 6) is -0.267. The van der Waals surface area contributed by atoms with Crippen LogP contribution in [0.3, 0.4) is 0 Å². The summed E-state index contributed by atoms with van der Waals surface area (Å²) in [5.41, 5.74) is 0.813. The number of hydrogen-bond acceptors (Lipinski definition) is 5. The summed E-state index contributed by atoms with van der Waals surface area (Å²) in [5, 5.41) is 18.8. The molecule has 2 saturated carbocycles. The number of hydrogen-bond donors (Lipinski definition) is 1. The molecule has 0 saturated heterocycles. The van der Waals surface area contributed by atoms with Gasteiger partial charge in [-0.2, -0.15) is 0 Å². The normalized spacial score (nSPS) is 31.6. The number of phenolic OH excluding ortho intramolecular Hbond substituents is 1. The highest BCUT2D eigenvalue weighted by Crippen LogP contribution is 2.63. The van der Waals surface area contributed by atoms with Gasteiger partial charge in [0.05, 0.1) is 18.2 Å². The molecule has 6 nitrogen and oxygen atoms in total. The Hall–Kier alpha value is -3.16. The van der Waals surface area contributed by atoms with Gasteiger partial charge in [-0.25, -0.2) is 18.7 Å². The van der Waals surface area contributed by atoms with E-state index in [9.17, 15) is 9.50 Å². The Morgan fingerprint density at radius 1 is 1.19 bits per heavy atom. The predicted octanol–water partition coefficient (Wildman–Crippen LogP) is 4.95. The fourth-order valence-corrected chi connectivity index (χ4v) is 5.58. The summed E-state index contributed by atoms with van der Waals surface area (Å²) in [6.07, 6.45) is 5.50. The summed E-state index contributed by atoms with van der Waals surface area (Å²) in [7, 11) is 0. The van der Waals surface area contributed by atoms with Crippen molar-refractivity contribution < 1.29 is 13.9 Å². The second kappa shape index (κ2) is 7.18. The van der Waals surface area contributed by atoms with Crippen LogP contribution in [0.4, 0.5) is 8.78 Å². The molecule has 1 N–H and O–H groups in total. The first-order valence-corrected chi connectivity index (χ1v) is 10.7. The van der Waals surface area contributed by atoms with E-state index in [0.29, 0.717) is 29.7 Å². The van der Waals surface area contributed by atoms with Gasteiger partial charge in [-0.1, -0.05) is 20.4 Å². The third-order valence-electron chi connectivity index (χ3n) is 7.27. The van der Waals surface area contributed by atoms with Crippen LogP contribution in [-0.4, -0.2) is 42.2 Å². The van der Waals surface area contributed by atoms with Gasteiger partial charge in [-0.15, -0.1) is 10.2 Å². The molecule has 3 aromatic rings. The molecule has 2 aromatic heterocycles. The van der Waals surface area contributed by atoms with Crippen LogP contribution in [0.1, 0.15) is 38.9 Å². The molecule has 166 valence electrons. The lowest BCUT2D eigenvalue weighted by atomic mass is 9.63. The van der Waals surface area contributed by atoms with Crippen molar-refractivity contribution >= 4 is 5.57 Å². The highest BCUT2D eigenvalue weighted by atomic mass is 19.1. The van der Waals surface area contributed by atoms with Crippen molar-refractivity contribution in [1.29, 1.82) is 0 Å². The second-order valence-electron chi connectivity index (χ2n) is 9.73. The van der Waals surface area contributed by atoms with Gasteiger partial charge in [0.15, 0.2) is 5.82 Å². The van der Waals surface area contributed by atoms with Crippen LogP contribution in [0.25, 0.3) is 22.5 Å². The van der Waals surface area contributed by atoms with E-state index in [1.54, 1.807) is 35.4 Å². The van der Waals surface area contributed by atoms with Gasteiger partial charge in [-0.05, 0) is 37.0 Å². The minimum Gasteiger partial charge on any atom is -0.507 e. The van der Waals surface area contributed by atoms with Gasteiger partial charge >= 0.3 is 0 Å². The SMILES string of the molecule is C=C(c1ncc(-c2ccc(-n3ccnc3)cc2O)nn1)[C@@H]1C[C@]2(C)C[C@@](C)(C[C@@H]2F)[C@H]1F. The fourth-order valence-electron chi connectivity index (χ4n) is 5.58. The molecule has 5 rings (SSSR count). The van der Waals surface area contributed by atoms with Crippen LogP contribution in [0.15, 0.2) is 49.7 Å². The number of imidazole rings is 1. The van der Waals surface area contributed by atoms with Crippen LogP contribution < -0.4 is 0 Å². The van der Waals surface area contributed by atoms with Crippen molar-refractivity contribution in [2.75, 3.05) is 0 Å². The Bertz CT molecular complexity index is 1170. The monoisotopic (exact) mass is 437 g/mol. The maximum atomic E-state index is 15.4. The lowest BCUT2D eigenvalue weighted by molar-refractivity contribution is 0.0223. The fraction of sp³-hybridized carbons (Fsp3) is 0.417. The molecule has 2 aliphatic carbocycles. The molecular formula is C24H25F2N5O. The molecule has 0 unspecified atom stereocenters. The quantitative estimate of drug-likeness (QED) is 0.625. The molecule has 0 spiro atoms.